The zero-order valence-corrected chi connectivity index (χ0v) is 12.9. The molecule has 1 saturated heterocycles. The molecular weight excluding hydrogens is 248 g/mol. The second-order valence-corrected chi connectivity index (χ2v) is 6.34. The minimum absolute atomic E-state index is 0.189. The van der Waals surface area contributed by atoms with Crippen LogP contribution in [-0.4, -0.2) is 25.5 Å². The van der Waals surface area contributed by atoms with Gasteiger partial charge in [-0.15, -0.1) is 0 Å². The lowest BCUT2D eigenvalue weighted by Crippen LogP contribution is -2.31. The van der Waals surface area contributed by atoms with Gasteiger partial charge in [-0.2, -0.15) is 0 Å². The van der Waals surface area contributed by atoms with Crippen LogP contribution < -0.4 is 10.2 Å². The van der Waals surface area contributed by atoms with Gasteiger partial charge in [0, 0.05) is 31.7 Å². The Morgan fingerprint density at radius 3 is 2.70 bits per heavy atom. The highest BCUT2D eigenvalue weighted by Gasteiger charge is 2.23. The normalized spacial score (nSPS) is 18.6. The van der Waals surface area contributed by atoms with Gasteiger partial charge in [0.1, 0.15) is 0 Å². The molecule has 1 amide bonds. The van der Waals surface area contributed by atoms with Crippen molar-refractivity contribution in [1.29, 1.82) is 0 Å². The van der Waals surface area contributed by atoms with E-state index in [1.54, 1.807) is 0 Å². The van der Waals surface area contributed by atoms with Crippen LogP contribution in [0.2, 0.25) is 0 Å². The number of hydrogen-bond acceptors (Lipinski definition) is 2. The molecule has 0 bridgehead atoms. The molecule has 1 aliphatic heterocycles. The van der Waals surface area contributed by atoms with E-state index < -0.39 is 0 Å². The summed E-state index contributed by atoms with van der Waals surface area (Å²) >= 11 is 0. The maximum atomic E-state index is 11.7. The van der Waals surface area contributed by atoms with Gasteiger partial charge >= 0.3 is 0 Å². The highest BCUT2D eigenvalue weighted by Crippen LogP contribution is 2.23. The van der Waals surface area contributed by atoms with Gasteiger partial charge < -0.3 is 10.2 Å². The molecule has 0 aromatic heterocycles. The largest absolute Gasteiger partial charge is 0.371 e. The summed E-state index contributed by atoms with van der Waals surface area (Å²) in [5.74, 6) is 1.20. The molecule has 3 nitrogen and oxygen atoms in total. The molecule has 1 aromatic carbocycles. The fourth-order valence-electron chi connectivity index (χ4n) is 2.69. The van der Waals surface area contributed by atoms with E-state index >= 15 is 0 Å². The van der Waals surface area contributed by atoms with E-state index in [1.807, 2.05) is 0 Å². The molecule has 1 aromatic rings. The second kappa shape index (κ2) is 6.78. The monoisotopic (exact) mass is 274 g/mol. The molecule has 1 aliphatic rings. The molecule has 1 heterocycles. The zero-order valence-electron chi connectivity index (χ0n) is 12.9. The van der Waals surface area contributed by atoms with Gasteiger partial charge in [-0.1, -0.05) is 31.5 Å². The van der Waals surface area contributed by atoms with Crippen LogP contribution in [0.25, 0.3) is 0 Å². The summed E-state index contributed by atoms with van der Waals surface area (Å²) in [7, 11) is 0. The number of carbonyl (C=O) groups excluding carboxylic acids is 1. The average Bonchev–Trinajstić information content (AvgIpc) is 2.85. The molecule has 0 saturated carbocycles. The van der Waals surface area contributed by atoms with Crippen LogP contribution in [0.5, 0.6) is 0 Å². The molecule has 0 aliphatic carbocycles. The van der Waals surface area contributed by atoms with E-state index in [1.165, 1.54) is 11.3 Å². The Hall–Kier alpha value is -1.51. The molecule has 0 radical (unpaired) electrons. The van der Waals surface area contributed by atoms with Gasteiger partial charge in [-0.3, -0.25) is 4.79 Å². The molecule has 3 heteroatoms. The lowest BCUT2D eigenvalue weighted by molar-refractivity contribution is -0.121. The van der Waals surface area contributed by atoms with Gasteiger partial charge in [-0.25, -0.2) is 0 Å². The Labute approximate surface area is 122 Å². The van der Waals surface area contributed by atoms with E-state index in [0.717, 1.165) is 26.1 Å². The van der Waals surface area contributed by atoms with Crippen LogP contribution in [0.1, 0.15) is 32.3 Å². The Morgan fingerprint density at radius 1 is 1.35 bits per heavy atom. The topological polar surface area (TPSA) is 32.3 Å². The number of aryl methyl sites for hydroxylation is 1. The fourth-order valence-corrected chi connectivity index (χ4v) is 2.69. The average molecular weight is 274 g/mol. The van der Waals surface area contributed by atoms with Crippen molar-refractivity contribution in [2.45, 2.75) is 33.6 Å². The number of carbonyl (C=O) groups is 1. The third-order valence-corrected chi connectivity index (χ3v) is 3.87. The van der Waals surface area contributed by atoms with Crippen molar-refractivity contribution in [3.63, 3.8) is 0 Å². The molecule has 1 unspecified atom stereocenters. The van der Waals surface area contributed by atoms with Crippen molar-refractivity contribution in [3.05, 3.63) is 29.8 Å². The quantitative estimate of drug-likeness (QED) is 0.895. The van der Waals surface area contributed by atoms with Crippen molar-refractivity contribution in [2.24, 2.45) is 11.8 Å². The molecule has 1 N–H and O–H groups in total. The summed E-state index contributed by atoms with van der Waals surface area (Å²) in [6.07, 6.45) is 1.80. The van der Waals surface area contributed by atoms with Crippen molar-refractivity contribution in [2.75, 3.05) is 24.5 Å². The maximum absolute atomic E-state index is 11.7. The summed E-state index contributed by atoms with van der Waals surface area (Å²) in [6.45, 7) is 9.22. The lowest BCUT2D eigenvalue weighted by atomic mass is 10.1. The molecule has 0 spiro atoms. The van der Waals surface area contributed by atoms with Crippen molar-refractivity contribution >= 4 is 11.6 Å². The third kappa shape index (κ3) is 4.26. The van der Waals surface area contributed by atoms with E-state index in [0.29, 0.717) is 18.3 Å². The number of nitrogens with zero attached hydrogens (tertiary/aromatic N) is 1. The minimum atomic E-state index is 0.189. The van der Waals surface area contributed by atoms with Crippen LogP contribution in [0.15, 0.2) is 24.3 Å². The summed E-state index contributed by atoms with van der Waals surface area (Å²) in [4.78, 5) is 14.1. The van der Waals surface area contributed by atoms with Crippen LogP contribution in [0.4, 0.5) is 5.69 Å². The van der Waals surface area contributed by atoms with Gasteiger partial charge in [0.2, 0.25) is 5.91 Å². The standard InChI is InChI=1S/C17H26N2O/c1-13(2)10-17(20)18-11-15-8-9-19(12-15)16-6-4-14(3)5-7-16/h4-7,13,15H,8-12H2,1-3H3,(H,18,20). The Bertz CT molecular complexity index is 439. The van der Waals surface area contributed by atoms with Crippen LogP contribution >= 0.6 is 0 Å². The number of amides is 1. The minimum Gasteiger partial charge on any atom is -0.371 e. The predicted octanol–water partition coefficient (Wildman–Crippen LogP) is 2.98. The van der Waals surface area contributed by atoms with E-state index in [-0.39, 0.29) is 5.91 Å². The fraction of sp³-hybridized carbons (Fsp3) is 0.588. The number of nitrogens with one attached hydrogen (secondary N) is 1. The molecular formula is C17H26N2O. The Balaban J connectivity index is 1.78. The molecule has 110 valence electrons. The van der Waals surface area contributed by atoms with Gasteiger partial charge in [-0.05, 0) is 37.3 Å². The van der Waals surface area contributed by atoms with E-state index in [2.05, 4.69) is 55.3 Å². The highest BCUT2D eigenvalue weighted by molar-refractivity contribution is 5.76. The first-order chi connectivity index (χ1) is 9.54. The molecule has 20 heavy (non-hydrogen) atoms. The first-order valence-corrected chi connectivity index (χ1v) is 7.63. The first kappa shape index (κ1) is 14.9. The molecule has 2 rings (SSSR count). The number of hydrogen-bond donors (Lipinski definition) is 1. The van der Waals surface area contributed by atoms with E-state index in [4.69, 9.17) is 0 Å². The zero-order chi connectivity index (χ0) is 14.5. The summed E-state index contributed by atoms with van der Waals surface area (Å²) < 4.78 is 0. The number of benzene rings is 1. The lowest BCUT2D eigenvalue weighted by Gasteiger charge is -2.19. The van der Waals surface area contributed by atoms with Gasteiger partial charge in [0.15, 0.2) is 0 Å². The Kier molecular flexibility index (Phi) is 5.05. The highest BCUT2D eigenvalue weighted by atomic mass is 16.1. The van der Waals surface area contributed by atoms with Crippen LogP contribution in [-0.2, 0) is 4.79 Å². The van der Waals surface area contributed by atoms with Crippen molar-refractivity contribution in [1.82, 2.24) is 5.32 Å². The summed E-state index contributed by atoms with van der Waals surface area (Å²) in [6, 6.07) is 8.70. The Morgan fingerprint density at radius 2 is 2.05 bits per heavy atom. The third-order valence-electron chi connectivity index (χ3n) is 3.87. The molecule has 1 fully saturated rings. The molecule has 1 atom stereocenters. The van der Waals surface area contributed by atoms with Gasteiger partial charge in [0.25, 0.3) is 0 Å². The second-order valence-electron chi connectivity index (χ2n) is 6.34. The van der Waals surface area contributed by atoms with Crippen molar-refractivity contribution in [3.8, 4) is 0 Å². The summed E-state index contributed by atoms with van der Waals surface area (Å²) in [5.41, 5.74) is 2.59. The maximum Gasteiger partial charge on any atom is 0.220 e. The van der Waals surface area contributed by atoms with Crippen LogP contribution in [0.3, 0.4) is 0 Å². The number of anilines is 1. The van der Waals surface area contributed by atoms with Crippen LogP contribution in [0, 0.1) is 18.8 Å². The van der Waals surface area contributed by atoms with Crippen molar-refractivity contribution < 1.29 is 4.79 Å². The first-order valence-electron chi connectivity index (χ1n) is 7.63. The smallest absolute Gasteiger partial charge is 0.220 e. The van der Waals surface area contributed by atoms with E-state index in [9.17, 15) is 4.79 Å². The van der Waals surface area contributed by atoms with Gasteiger partial charge in [0.05, 0.1) is 0 Å². The summed E-state index contributed by atoms with van der Waals surface area (Å²) in [5, 5.41) is 3.07. The predicted molar refractivity (Wildman–Crippen MR) is 84.0 cm³/mol. The SMILES string of the molecule is Cc1ccc(N2CCC(CNC(=O)CC(C)C)C2)cc1. The number of rotatable bonds is 5.